The molecule has 5 nitrogen and oxygen atoms in total. The molecular formula is C14H16N2O3. The number of ether oxygens (including phenoxy) is 1. The molecular weight excluding hydrogens is 244 g/mol. The molecule has 1 aliphatic heterocycles. The molecule has 1 aromatic rings. The van der Waals surface area contributed by atoms with Crippen LogP contribution in [0.15, 0.2) is 18.2 Å². The predicted molar refractivity (Wildman–Crippen MR) is 71.3 cm³/mol. The molecule has 1 aromatic carbocycles. The molecule has 2 aliphatic rings. The van der Waals surface area contributed by atoms with Gasteiger partial charge in [-0.3, -0.25) is 9.59 Å². The van der Waals surface area contributed by atoms with Crippen LogP contribution in [0.2, 0.25) is 0 Å². The molecule has 1 atom stereocenters. The molecule has 0 bridgehead atoms. The molecule has 19 heavy (non-hydrogen) atoms. The van der Waals surface area contributed by atoms with Gasteiger partial charge in [-0.25, -0.2) is 0 Å². The van der Waals surface area contributed by atoms with E-state index < -0.39 is 6.10 Å². The third kappa shape index (κ3) is 2.16. The third-order valence-corrected chi connectivity index (χ3v) is 3.52. The molecule has 0 radical (unpaired) electrons. The lowest BCUT2D eigenvalue weighted by molar-refractivity contribution is -0.125. The highest BCUT2D eigenvalue weighted by atomic mass is 16.5. The van der Waals surface area contributed by atoms with Crippen LogP contribution in [0.1, 0.15) is 19.8 Å². The van der Waals surface area contributed by atoms with Crippen molar-refractivity contribution in [1.29, 1.82) is 0 Å². The average Bonchev–Trinajstić information content (AvgIpc) is 3.21. The number of likely N-dealkylation sites (N-methyl/N-ethyl adjacent to an activating group) is 1. The lowest BCUT2D eigenvalue weighted by Gasteiger charge is -2.30. The quantitative estimate of drug-likeness (QED) is 0.881. The van der Waals surface area contributed by atoms with Crippen LogP contribution < -0.4 is 15.0 Å². The average molecular weight is 260 g/mol. The molecule has 1 aliphatic carbocycles. The van der Waals surface area contributed by atoms with Gasteiger partial charge in [-0.2, -0.15) is 0 Å². The van der Waals surface area contributed by atoms with Gasteiger partial charge in [-0.15, -0.1) is 0 Å². The Labute approximate surface area is 111 Å². The zero-order valence-electron chi connectivity index (χ0n) is 11.0. The number of nitrogens with one attached hydrogen (secondary N) is 1. The van der Waals surface area contributed by atoms with Gasteiger partial charge in [-0.05, 0) is 38.0 Å². The summed E-state index contributed by atoms with van der Waals surface area (Å²) in [6.45, 7) is 1.73. The summed E-state index contributed by atoms with van der Waals surface area (Å²) in [4.78, 5) is 25.1. The summed E-state index contributed by atoms with van der Waals surface area (Å²) in [7, 11) is 1.71. The predicted octanol–water partition coefficient (Wildman–Crippen LogP) is 1.78. The first-order valence-corrected chi connectivity index (χ1v) is 6.45. The van der Waals surface area contributed by atoms with Crippen molar-refractivity contribution < 1.29 is 14.3 Å². The second-order valence-electron chi connectivity index (χ2n) is 5.10. The van der Waals surface area contributed by atoms with Gasteiger partial charge in [0.2, 0.25) is 5.91 Å². The van der Waals surface area contributed by atoms with Crippen LogP contribution in [-0.2, 0) is 9.59 Å². The van der Waals surface area contributed by atoms with Gasteiger partial charge < -0.3 is 15.0 Å². The zero-order valence-corrected chi connectivity index (χ0v) is 11.0. The van der Waals surface area contributed by atoms with E-state index in [4.69, 9.17) is 4.74 Å². The van der Waals surface area contributed by atoms with Crippen LogP contribution in [0.4, 0.5) is 11.4 Å². The Morgan fingerprint density at radius 3 is 2.84 bits per heavy atom. The second kappa shape index (κ2) is 4.26. The summed E-state index contributed by atoms with van der Waals surface area (Å²) in [5.74, 6) is 0.794. The number of anilines is 2. The fourth-order valence-corrected chi connectivity index (χ4v) is 2.18. The molecule has 2 amide bonds. The molecule has 100 valence electrons. The summed E-state index contributed by atoms with van der Waals surface area (Å²) in [6, 6.07) is 5.37. The Kier molecular flexibility index (Phi) is 2.69. The van der Waals surface area contributed by atoms with Crippen molar-refractivity contribution in [2.75, 3.05) is 17.3 Å². The van der Waals surface area contributed by atoms with Crippen LogP contribution in [0.3, 0.4) is 0 Å². The van der Waals surface area contributed by atoms with Crippen LogP contribution in [0.25, 0.3) is 0 Å². The maximum absolute atomic E-state index is 11.9. The van der Waals surface area contributed by atoms with Crippen molar-refractivity contribution in [2.45, 2.75) is 25.9 Å². The lowest BCUT2D eigenvalue weighted by atomic mass is 10.2. The summed E-state index contributed by atoms with van der Waals surface area (Å²) in [6.07, 6.45) is 1.47. The Balaban J connectivity index is 1.86. The van der Waals surface area contributed by atoms with Crippen LogP contribution >= 0.6 is 0 Å². The van der Waals surface area contributed by atoms with Crippen LogP contribution in [0.5, 0.6) is 5.75 Å². The molecule has 5 heteroatoms. The highest BCUT2D eigenvalue weighted by molar-refractivity contribution is 6.01. The number of hydrogen-bond acceptors (Lipinski definition) is 3. The van der Waals surface area contributed by atoms with E-state index in [2.05, 4.69) is 5.32 Å². The van der Waals surface area contributed by atoms with Crippen molar-refractivity contribution in [3.05, 3.63) is 18.2 Å². The number of rotatable bonds is 2. The minimum absolute atomic E-state index is 0.0547. The number of carbonyl (C=O) groups is 2. The van der Waals surface area contributed by atoms with Gasteiger partial charge in [0.1, 0.15) is 5.75 Å². The topological polar surface area (TPSA) is 58.6 Å². The first kappa shape index (κ1) is 12.0. The molecule has 1 unspecified atom stereocenters. The third-order valence-electron chi connectivity index (χ3n) is 3.52. The van der Waals surface area contributed by atoms with E-state index in [1.54, 1.807) is 37.1 Å². The summed E-state index contributed by atoms with van der Waals surface area (Å²) >= 11 is 0. The molecule has 3 rings (SSSR count). The zero-order chi connectivity index (χ0) is 13.6. The normalized spacial score (nSPS) is 21.7. The number of nitrogens with zero attached hydrogens (tertiary/aromatic N) is 1. The first-order valence-electron chi connectivity index (χ1n) is 6.45. The van der Waals surface area contributed by atoms with E-state index in [1.165, 1.54) is 0 Å². The number of carbonyl (C=O) groups excluding carboxylic acids is 2. The lowest BCUT2D eigenvalue weighted by Crippen LogP contribution is -2.42. The van der Waals surface area contributed by atoms with Gasteiger partial charge in [0.25, 0.3) is 5.91 Å². The number of fused-ring (bicyclic) bond motifs is 1. The maximum atomic E-state index is 11.9. The van der Waals surface area contributed by atoms with E-state index in [0.29, 0.717) is 17.1 Å². The Hall–Kier alpha value is -2.04. The summed E-state index contributed by atoms with van der Waals surface area (Å²) < 4.78 is 5.53. The molecule has 0 spiro atoms. The van der Waals surface area contributed by atoms with Gasteiger partial charge >= 0.3 is 0 Å². The summed E-state index contributed by atoms with van der Waals surface area (Å²) in [5, 5.41) is 2.87. The van der Waals surface area contributed by atoms with Gasteiger partial charge in [-0.1, -0.05) is 0 Å². The van der Waals surface area contributed by atoms with E-state index in [1.807, 2.05) is 0 Å². The van der Waals surface area contributed by atoms with Crippen molar-refractivity contribution in [2.24, 2.45) is 5.92 Å². The van der Waals surface area contributed by atoms with E-state index in [9.17, 15) is 9.59 Å². The van der Waals surface area contributed by atoms with Crippen LogP contribution in [-0.4, -0.2) is 25.0 Å². The van der Waals surface area contributed by atoms with E-state index in [0.717, 1.165) is 12.8 Å². The fraction of sp³-hybridized carbons (Fsp3) is 0.429. The van der Waals surface area contributed by atoms with Gasteiger partial charge in [0, 0.05) is 18.7 Å². The molecule has 1 N–H and O–H groups in total. The highest BCUT2D eigenvalue weighted by Gasteiger charge is 2.31. The molecule has 0 aromatic heterocycles. The molecule has 0 saturated heterocycles. The second-order valence-corrected chi connectivity index (χ2v) is 5.10. The van der Waals surface area contributed by atoms with Crippen molar-refractivity contribution in [3.8, 4) is 5.75 Å². The number of amides is 2. The van der Waals surface area contributed by atoms with Crippen molar-refractivity contribution in [3.63, 3.8) is 0 Å². The Bertz CT molecular complexity index is 552. The van der Waals surface area contributed by atoms with Gasteiger partial charge in [0.05, 0.1) is 5.69 Å². The summed E-state index contributed by atoms with van der Waals surface area (Å²) in [5.41, 5.74) is 1.39. The molecule has 1 saturated carbocycles. The Morgan fingerprint density at radius 1 is 1.42 bits per heavy atom. The highest BCUT2D eigenvalue weighted by Crippen LogP contribution is 2.36. The van der Waals surface area contributed by atoms with Crippen molar-refractivity contribution >= 4 is 23.2 Å². The minimum Gasteiger partial charge on any atom is -0.479 e. The van der Waals surface area contributed by atoms with E-state index >= 15 is 0 Å². The molecule has 1 fully saturated rings. The smallest absolute Gasteiger partial charge is 0.267 e. The maximum Gasteiger partial charge on any atom is 0.267 e. The first-order chi connectivity index (χ1) is 9.06. The largest absolute Gasteiger partial charge is 0.479 e. The van der Waals surface area contributed by atoms with Crippen molar-refractivity contribution in [1.82, 2.24) is 0 Å². The number of benzene rings is 1. The fourth-order valence-electron chi connectivity index (χ4n) is 2.18. The standard InChI is InChI=1S/C14H16N2O3/c1-8-14(18)16(2)11-7-10(5-6-12(11)19-8)15-13(17)9-3-4-9/h5-9H,3-4H2,1-2H3,(H,15,17). The van der Waals surface area contributed by atoms with Crippen LogP contribution in [0, 0.1) is 5.92 Å². The minimum atomic E-state index is -0.468. The SMILES string of the molecule is CC1Oc2ccc(NC(=O)C3CC3)cc2N(C)C1=O. The van der Waals surface area contributed by atoms with Gasteiger partial charge in [0.15, 0.2) is 6.10 Å². The Morgan fingerprint density at radius 2 is 2.16 bits per heavy atom. The monoisotopic (exact) mass is 260 g/mol. The van der Waals surface area contributed by atoms with E-state index in [-0.39, 0.29) is 17.7 Å². The number of hydrogen-bond donors (Lipinski definition) is 1. The molecule has 1 heterocycles.